The molecule has 8 heteroatoms. The molecule has 2 rings (SSSR count). The Labute approximate surface area is 147 Å². The summed E-state index contributed by atoms with van der Waals surface area (Å²) in [4.78, 5) is 11.4. The van der Waals surface area contributed by atoms with Gasteiger partial charge in [0, 0.05) is 11.8 Å². The summed E-state index contributed by atoms with van der Waals surface area (Å²) in [5, 5.41) is 6.90. The van der Waals surface area contributed by atoms with Gasteiger partial charge in [-0.3, -0.25) is 14.6 Å². The SMILES string of the molecule is CCCC(C)c1cc(NS(=O)(=O)c2cccc(CC(=O)OC)c2)n[nH]1. The number of aromatic amines is 1. The molecule has 1 aromatic heterocycles. The molecule has 0 saturated carbocycles. The van der Waals surface area contributed by atoms with Crippen LogP contribution in [0.2, 0.25) is 0 Å². The Balaban J connectivity index is 2.16. The van der Waals surface area contributed by atoms with E-state index in [9.17, 15) is 13.2 Å². The molecule has 2 aromatic rings. The van der Waals surface area contributed by atoms with Crippen molar-refractivity contribution in [3.05, 3.63) is 41.6 Å². The van der Waals surface area contributed by atoms with Gasteiger partial charge in [-0.25, -0.2) is 8.42 Å². The fourth-order valence-electron chi connectivity index (χ4n) is 2.49. The summed E-state index contributed by atoms with van der Waals surface area (Å²) in [5.41, 5.74) is 1.45. The number of carbonyl (C=O) groups is 1. The molecule has 0 fully saturated rings. The molecule has 136 valence electrons. The van der Waals surface area contributed by atoms with Crippen LogP contribution in [0.3, 0.4) is 0 Å². The van der Waals surface area contributed by atoms with Crippen molar-refractivity contribution in [2.45, 2.75) is 43.9 Å². The normalized spacial score (nSPS) is 12.6. The van der Waals surface area contributed by atoms with Crippen molar-refractivity contribution in [1.82, 2.24) is 10.2 Å². The molecule has 1 heterocycles. The molecule has 0 radical (unpaired) electrons. The number of hydrogen-bond acceptors (Lipinski definition) is 5. The number of aromatic nitrogens is 2. The molecule has 0 spiro atoms. The Morgan fingerprint density at radius 1 is 1.36 bits per heavy atom. The molecular weight excluding hydrogens is 342 g/mol. The third kappa shape index (κ3) is 5.06. The number of esters is 1. The van der Waals surface area contributed by atoms with Crippen molar-refractivity contribution in [3.63, 3.8) is 0 Å². The Kier molecular flexibility index (Phi) is 6.19. The van der Waals surface area contributed by atoms with Gasteiger partial charge >= 0.3 is 5.97 Å². The van der Waals surface area contributed by atoms with E-state index in [1.165, 1.54) is 19.2 Å². The number of ether oxygens (including phenoxy) is 1. The van der Waals surface area contributed by atoms with E-state index in [0.29, 0.717) is 5.56 Å². The lowest BCUT2D eigenvalue weighted by atomic mass is 10.0. The van der Waals surface area contributed by atoms with Crippen LogP contribution in [0.15, 0.2) is 35.2 Å². The molecule has 2 N–H and O–H groups in total. The smallest absolute Gasteiger partial charge is 0.309 e. The quantitative estimate of drug-likeness (QED) is 0.701. The first-order valence-corrected chi connectivity index (χ1v) is 9.58. The van der Waals surface area contributed by atoms with Crippen LogP contribution in [0.1, 0.15) is 43.9 Å². The van der Waals surface area contributed by atoms with Crippen molar-refractivity contribution in [2.75, 3.05) is 11.8 Å². The Hall–Kier alpha value is -2.35. The average molecular weight is 365 g/mol. The third-order valence-corrected chi connectivity index (χ3v) is 5.23. The van der Waals surface area contributed by atoms with Crippen molar-refractivity contribution in [3.8, 4) is 0 Å². The van der Waals surface area contributed by atoms with Crippen molar-refractivity contribution >= 4 is 21.8 Å². The average Bonchev–Trinajstić information content (AvgIpc) is 3.03. The molecule has 7 nitrogen and oxygen atoms in total. The maximum Gasteiger partial charge on any atom is 0.309 e. The van der Waals surface area contributed by atoms with E-state index in [4.69, 9.17) is 0 Å². The van der Waals surface area contributed by atoms with Crippen molar-refractivity contribution in [1.29, 1.82) is 0 Å². The summed E-state index contributed by atoms with van der Waals surface area (Å²) >= 11 is 0. The number of nitrogens with zero attached hydrogens (tertiary/aromatic N) is 1. The maximum absolute atomic E-state index is 12.5. The van der Waals surface area contributed by atoms with Gasteiger partial charge in [-0.1, -0.05) is 32.4 Å². The molecule has 0 aliphatic rings. The van der Waals surface area contributed by atoms with E-state index in [1.807, 2.05) is 0 Å². The standard InChI is InChI=1S/C17H23N3O4S/c1-4-6-12(2)15-11-16(19-18-15)20-25(22,23)14-8-5-7-13(9-14)10-17(21)24-3/h5,7-9,11-12H,4,6,10H2,1-3H3,(H2,18,19,20). The molecule has 1 atom stereocenters. The van der Waals surface area contributed by atoms with E-state index in [2.05, 4.69) is 33.5 Å². The first-order valence-electron chi connectivity index (χ1n) is 8.09. The zero-order valence-corrected chi connectivity index (χ0v) is 15.4. The molecule has 25 heavy (non-hydrogen) atoms. The Morgan fingerprint density at radius 3 is 2.80 bits per heavy atom. The van der Waals surface area contributed by atoms with Gasteiger partial charge in [-0.15, -0.1) is 0 Å². The van der Waals surface area contributed by atoms with Crippen LogP contribution < -0.4 is 4.72 Å². The number of methoxy groups -OCH3 is 1. The highest BCUT2D eigenvalue weighted by Crippen LogP contribution is 2.22. The van der Waals surface area contributed by atoms with Gasteiger partial charge in [0.2, 0.25) is 0 Å². The van der Waals surface area contributed by atoms with Crippen LogP contribution in [-0.2, 0) is 26.0 Å². The highest BCUT2D eigenvalue weighted by molar-refractivity contribution is 7.92. The number of H-pyrrole nitrogens is 1. The Bertz CT molecular complexity index is 830. The summed E-state index contributed by atoms with van der Waals surface area (Å²) in [5.74, 6) is 0.0971. The Morgan fingerprint density at radius 2 is 2.12 bits per heavy atom. The lowest BCUT2D eigenvalue weighted by Crippen LogP contribution is -2.14. The number of anilines is 1. The number of benzene rings is 1. The molecule has 0 aliphatic heterocycles. The van der Waals surface area contributed by atoms with Gasteiger partial charge in [0.1, 0.15) is 0 Å². The second-order valence-corrected chi connectivity index (χ2v) is 7.59. The fraction of sp³-hybridized carbons (Fsp3) is 0.412. The minimum absolute atomic E-state index is 0.0148. The zero-order valence-electron chi connectivity index (χ0n) is 14.6. The molecule has 0 saturated heterocycles. The first kappa shape index (κ1) is 19.0. The zero-order chi connectivity index (χ0) is 18.4. The van der Waals surface area contributed by atoms with E-state index < -0.39 is 16.0 Å². The topological polar surface area (TPSA) is 101 Å². The number of nitrogens with one attached hydrogen (secondary N) is 2. The van der Waals surface area contributed by atoms with Gasteiger partial charge in [0.05, 0.1) is 18.4 Å². The summed E-state index contributed by atoms with van der Waals surface area (Å²) in [7, 11) is -2.50. The first-order chi connectivity index (χ1) is 11.9. The number of sulfonamides is 1. The van der Waals surface area contributed by atoms with Crippen LogP contribution in [0.25, 0.3) is 0 Å². The number of hydrogen-bond donors (Lipinski definition) is 2. The highest BCUT2D eigenvalue weighted by Gasteiger charge is 2.18. The van der Waals surface area contributed by atoms with E-state index in [1.54, 1.807) is 18.2 Å². The van der Waals surface area contributed by atoms with Crippen LogP contribution in [0.4, 0.5) is 5.82 Å². The molecule has 1 aromatic carbocycles. The minimum atomic E-state index is -3.79. The monoisotopic (exact) mass is 365 g/mol. The predicted octanol–water partition coefficient (Wildman–Crippen LogP) is 2.83. The summed E-state index contributed by atoms with van der Waals surface area (Å²) in [6.07, 6.45) is 2.04. The van der Waals surface area contributed by atoms with Crippen molar-refractivity contribution in [2.24, 2.45) is 0 Å². The van der Waals surface area contributed by atoms with Crippen LogP contribution in [0, 0.1) is 0 Å². The van der Waals surface area contributed by atoms with E-state index in [-0.39, 0.29) is 23.1 Å². The van der Waals surface area contributed by atoms with Crippen molar-refractivity contribution < 1.29 is 17.9 Å². The fourth-order valence-corrected chi connectivity index (χ4v) is 3.55. The van der Waals surface area contributed by atoms with Crippen LogP contribution >= 0.6 is 0 Å². The molecular formula is C17H23N3O4S. The lowest BCUT2D eigenvalue weighted by Gasteiger charge is -2.07. The van der Waals surface area contributed by atoms with Gasteiger partial charge < -0.3 is 4.74 Å². The predicted molar refractivity (Wildman–Crippen MR) is 94.9 cm³/mol. The van der Waals surface area contributed by atoms with Gasteiger partial charge in [0.25, 0.3) is 10.0 Å². The van der Waals surface area contributed by atoms with Gasteiger partial charge in [-0.2, -0.15) is 5.10 Å². The highest BCUT2D eigenvalue weighted by atomic mass is 32.2. The largest absolute Gasteiger partial charge is 0.469 e. The van der Waals surface area contributed by atoms with E-state index >= 15 is 0 Å². The summed E-state index contributed by atoms with van der Waals surface area (Å²) in [6.45, 7) is 4.16. The maximum atomic E-state index is 12.5. The molecule has 0 aliphatic carbocycles. The molecule has 0 bridgehead atoms. The van der Waals surface area contributed by atoms with E-state index in [0.717, 1.165) is 18.5 Å². The second-order valence-electron chi connectivity index (χ2n) is 5.90. The van der Waals surface area contributed by atoms with Gasteiger partial charge in [-0.05, 0) is 30.0 Å². The van der Waals surface area contributed by atoms with Crippen LogP contribution in [0.5, 0.6) is 0 Å². The van der Waals surface area contributed by atoms with Crippen LogP contribution in [-0.4, -0.2) is 31.7 Å². The van der Waals surface area contributed by atoms with Gasteiger partial charge in [0.15, 0.2) is 5.82 Å². The lowest BCUT2D eigenvalue weighted by molar-refractivity contribution is -0.139. The second kappa shape index (κ2) is 8.15. The third-order valence-electron chi connectivity index (χ3n) is 3.87. The minimum Gasteiger partial charge on any atom is -0.469 e. The summed E-state index contributed by atoms with van der Waals surface area (Å²) < 4.78 is 32.1. The molecule has 0 amide bonds. The number of rotatable bonds is 8. The molecule has 1 unspecified atom stereocenters. The summed E-state index contributed by atoms with van der Waals surface area (Å²) in [6, 6.07) is 7.89. The number of carbonyl (C=O) groups excluding carboxylic acids is 1.